The molecule has 0 aromatic carbocycles. The Morgan fingerprint density at radius 3 is 2.70 bits per heavy atom. The normalized spacial score (nSPS) is 17.4. The van der Waals surface area contributed by atoms with Crippen molar-refractivity contribution < 1.29 is 22.5 Å². The maximum absolute atomic E-state index is 13.5. The molecule has 0 saturated carbocycles. The minimum Gasteiger partial charge on any atom is -0.360 e. The highest BCUT2D eigenvalue weighted by atomic mass is 19.4. The van der Waals surface area contributed by atoms with Crippen LogP contribution in [0.25, 0.3) is 5.65 Å². The highest BCUT2D eigenvalue weighted by molar-refractivity contribution is 5.92. The van der Waals surface area contributed by atoms with Crippen molar-refractivity contribution in [2.45, 2.75) is 58.2 Å². The van der Waals surface area contributed by atoms with Gasteiger partial charge in [0.05, 0.1) is 11.7 Å². The topological polar surface area (TPSA) is 76.5 Å². The van der Waals surface area contributed by atoms with Crippen molar-refractivity contribution >= 4 is 11.6 Å². The fourth-order valence-corrected chi connectivity index (χ4v) is 3.72. The summed E-state index contributed by atoms with van der Waals surface area (Å²) >= 11 is 0. The molecule has 0 N–H and O–H groups in total. The second kappa shape index (κ2) is 7.41. The van der Waals surface area contributed by atoms with Gasteiger partial charge in [-0.1, -0.05) is 25.9 Å². The molecule has 0 radical (unpaired) electrons. The van der Waals surface area contributed by atoms with Crippen LogP contribution in [0.2, 0.25) is 0 Å². The molecule has 10 heteroatoms. The quantitative estimate of drug-likeness (QED) is 0.624. The molecule has 0 spiro atoms. The van der Waals surface area contributed by atoms with Crippen LogP contribution in [0.4, 0.5) is 13.2 Å². The van der Waals surface area contributed by atoms with Crippen molar-refractivity contribution in [1.82, 2.24) is 24.7 Å². The van der Waals surface area contributed by atoms with E-state index in [9.17, 15) is 18.0 Å². The van der Waals surface area contributed by atoms with Crippen LogP contribution in [0.5, 0.6) is 0 Å². The molecular formula is C20H22F3N5O2. The van der Waals surface area contributed by atoms with E-state index in [1.807, 2.05) is 13.8 Å². The molecule has 30 heavy (non-hydrogen) atoms. The fourth-order valence-electron chi connectivity index (χ4n) is 3.72. The molecule has 3 aromatic rings. The van der Waals surface area contributed by atoms with E-state index in [0.29, 0.717) is 36.5 Å². The van der Waals surface area contributed by atoms with Crippen molar-refractivity contribution in [2.75, 3.05) is 6.54 Å². The van der Waals surface area contributed by atoms with E-state index < -0.39 is 17.9 Å². The van der Waals surface area contributed by atoms with E-state index in [-0.39, 0.29) is 23.2 Å². The number of hydrogen-bond acceptors (Lipinski definition) is 5. The van der Waals surface area contributed by atoms with Crippen LogP contribution in [-0.2, 0) is 12.6 Å². The number of aromatic nitrogens is 4. The van der Waals surface area contributed by atoms with E-state index in [1.165, 1.54) is 6.07 Å². The number of likely N-dealkylation sites (tertiary alicyclic amines) is 1. The average Bonchev–Trinajstić information content (AvgIpc) is 3.43. The van der Waals surface area contributed by atoms with E-state index >= 15 is 0 Å². The Morgan fingerprint density at radius 2 is 2.07 bits per heavy atom. The van der Waals surface area contributed by atoms with Crippen LogP contribution in [0.3, 0.4) is 0 Å². The molecule has 4 rings (SSSR count). The third-order valence-corrected chi connectivity index (χ3v) is 5.32. The minimum absolute atomic E-state index is 0.0893. The number of alkyl halides is 3. The zero-order valence-electron chi connectivity index (χ0n) is 16.9. The van der Waals surface area contributed by atoms with Gasteiger partial charge in [-0.3, -0.25) is 4.79 Å². The van der Waals surface area contributed by atoms with Gasteiger partial charge in [-0.15, -0.1) is 0 Å². The van der Waals surface area contributed by atoms with Crippen LogP contribution in [0, 0.1) is 0 Å². The third kappa shape index (κ3) is 3.54. The van der Waals surface area contributed by atoms with E-state index in [1.54, 1.807) is 17.9 Å². The van der Waals surface area contributed by atoms with Gasteiger partial charge in [0.1, 0.15) is 11.5 Å². The van der Waals surface area contributed by atoms with Crippen molar-refractivity contribution in [1.29, 1.82) is 0 Å². The van der Waals surface area contributed by atoms with Gasteiger partial charge in [0.25, 0.3) is 5.91 Å². The summed E-state index contributed by atoms with van der Waals surface area (Å²) in [7, 11) is 0. The summed E-state index contributed by atoms with van der Waals surface area (Å²) < 4.78 is 46.7. The summed E-state index contributed by atoms with van der Waals surface area (Å²) in [6.45, 7) is 6.08. The lowest BCUT2D eigenvalue weighted by Gasteiger charge is -2.22. The zero-order chi connectivity index (χ0) is 21.6. The average molecular weight is 421 g/mol. The van der Waals surface area contributed by atoms with E-state index in [2.05, 4.69) is 15.2 Å². The maximum atomic E-state index is 13.5. The number of fused-ring (bicyclic) bond motifs is 1. The molecule has 1 aliphatic rings. The van der Waals surface area contributed by atoms with Gasteiger partial charge in [0.15, 0.2) is 11.3 Å². The van der Waals surface area contributed by atoms with Gasteiger partial charge in [0.2, 0.25) is 0 Å². The Bertz CT molecular complexity index is 1090. The predicted molar refractivity (Wildman–Crippen MR) is 101 cm³/mol. The van der Waals surface area contributed by atoms with Gasteiger partial charge in [-0.2, -0.15) is 18.3 Å². The summed E-state index contributed by atoms with van der Waals surface area (Å²) in [4.78, 5) is 18.9. The largest absolute Gasteiger partial charge is 0.433 e. The summed E-state index contributed by atoms with van der Waals surface area (Å²) in [5.74, 6) is 0.378. The fraction of sp³-hybridized carbons (Fsp3) is 0.500. The highest BCUT2D eigenvalue weighted by Crippen LogP contribution is 2.35. The molecule has 1 saturated heterocycles. The number of carbonyl (C=O) groups excluding carboxylic acids is 1. The molecule has 0 aliphatic carbocycles. The summed E-state index contributed by atoms with van der Waals surface area (Å²) in [5.41, 5.74) is 0.171. The minimum atomic E-state index is -4.56. The summed E-state index contributed by atoms with van der Waals surface area (Å²) in [5, 5.41) is 8.06. The first-order valence-corrected chi connectivity index (χ1v) is 9.93. The Balaban J connectivity index is 1.71. The van der Waals surface area contributed by atoms with Gasteiger partial charge < -0.3 is 9.42 Å². The van der Waals surface area contributed by atoms with Crippen molar-refractivity contribution in [3.63, 3.8) is 0 Å². The summed E-state index contributed by atoms with van der Waals surface area (Å²) in [6.07, 6.45) is -2.86. The molecule has 1 atom stereocenters. The third-order valence-electron chi connectivity index (χ3n) is 5.32. The monoisotopic (exact) mass is 421 g/mol. The Kier molecular flexibility index (Phi) is 5.03. The first-order valence-electron chi connectivity index (χ1n) is 9.93. The summed E-state index contributed by atoms with van der Waals surface area (Å²) in [6, 6.07) is 3.73. The number of rotatable bonds is 4. The van der Waals surface area contributed by atoms with Crippen LogP contribution < -0.4 is 0 Å². The molecule has 0 bridgehead atoms. The predicted octanol–water partition coefficient (Wildman–Crippen LogP) is 4.40. The Labute approximate surface area is 170 Å². The van der Waals surface area contributed by atoms with Gasteiger partial charge in [-0.25, -0.2) is 9.50 Å². The van der Waals surface area contributed by atoms with Crippen molar-refractivity contribution in [3.05, 3.63) is 46.7 Å². The second-order valence-electron chi connectivity index (χ2n) is 7.75. The number of nitrogens with zero attached hydrogens (tertiary/aromatic N) is 5. The number of amides is 1. The number of hydrogen-bond donors (Lipinski definition) is 0. The van der Waals surface area contributed by atoms with Crippen molar-refractivity contribution in [3.8, 4) is 0 Å². The molecule has 1 aliphatic heterocycles. The highest BCUT2D eigenvalue weighted by Gasteiger charge is 2.37. The Morgan fingerprint density at radius 1 is 1.30 bits per heavy atom. The number of carbonyl (C=O) groups is 1. The van der Waals surface area contributed by atoms with Crippen LogP contribution in [-0.4, -0.2) is 37.1 Å². The van der Waals surface area contributed by atoms with Crippen LogP contribution in [0.1, 0.15) is 78.9 Å². The molecule has 4 heterocycles. The SMILES string of the molecule is CCc1cc(C(F)(F)F)n2nc([C@H]3CCCN3C(=O)c3cc(C(C)C)on3)cc2n1. The lowest BCUT2D eigenvalue weighted by Crippen LogP contribution is -2.31. The molecular weight excluding hydrogens is 399 g/mol. The second-order valence-corrected chi connectivity index (χ2v) is 7.75. The van der Waals surface area contributed by atoms with E-state index in [0.717, 1.165) is 17.0 Å². The number of halogens is 3. The van der Waals surface area contributed by atoms with Crippen molar-refractivity contribution in [2.24, 2.45) is 0 Å². The van der Waals surface area contributed by atoms with Gasteiger partial charge in [0, 0.05) is 30.3 Å². The molecule has 1 amide bonds. The number of aryl methyl sites for hydroxylation is 1. The van der Waals surface area contributed by atoms with Crippen LogP contribution in [0.15, 0.2) is 22.7 Å². The van der Waals surface area contributed by atoms with Gasteiger partial charge in [-0.05, 0) is 25.3 Å². The maximum Gasteiger partial charge on any atom is 0.433 e. The van der Waals surface area contributed by atoms with E-state index in [4.69, 9.17) is 4.52 Å². The standard InChI is InChI=1S/C20H22F3N5O2/c1-4-12-8-17(20(21,22)23)28-18(24-12)10-13(25-28)15-6-5-7-27(15)19(29)14-9-16(11(2)3)30-26-14/h8-11,15H,4-7H2,1-3H3/t15-/m1/s1. The van der Waals surface area contributed by atoms with Crippen LogP contribution >= 0.6 is 0 Å². The molecule has 160 valence electrons. The lowest BCUT2D eigenvalue weighted by atomic mass is 10.1. The smallest absolute Gasteiger partial charge is 0.360 e. The first kappa shape index (κ1) is 20.4. The molecule has 1 fully saturated rings. The van der Waals surface area contributed by atoms with Gasteiger partial charge >= 0.3 is 6.18 Å². The molecule has 7 nitrogen and oxygen atoms in total. The lowest BCUT2D eigenvalue weighted by molar-refractivity contribution is -0.142. The Hall–Kier alpha value is -2.91. The zero-order valence-corrected chi connectivity index (χ0v) is 16.9. The first-order chi connectivity index (χ1) is 14.2. The molecule has 3 aromatic heterocycles. The molecule has 0 unspecified atom stereocenters.